The van der Waals surface area contributed by atoms with Gasteiger partial charge in [-0.1, -0.05) is 24.3 Å². The minimum absolute atomic E-state index is 0.0243. The number of carbonyl (C=O) groups excluding carboxylic acids is 2. The van der Waals surface area contributed by atoms with Gasteiger partial charge in [0.25, 0.3) is 5.91 Å². The summed E-state index contributed by atoms with van der Waals surface area (Å²) in [5.41, 5.74) is 1.92. The number of fused-ring (bicyclic) bond motifs is 1. The SMILES string of the molecule is COc1ccc(CN2CCC(CNC(=O)C[C@@H]3Oc4ccccc4NC3=O)CC2)cc1. The lowest BCUT2D eigenvalue weighted by Gasteiger charge is -2.32. The average molecular weight is 424 g/mol. The molecule has 2 N–H and O–H groups in total. The minimum atomic E-state index is -0.791. The van der Waals surface area contributed by atoms with Crippen LogP contribution in [0, 0.1) is 5.92 Å². The van der Waals surface area contributed by atoms with Crippen LogP contribution in [-0.4, -0.2) is 49.6 Å². The monoisotopic (exact) mass is 423 g/mol. The van der Waals surface area contributed by atoms with E-state index in [1.54, 1.807) is 19.2 Å². The number of ether oxygens (including phenoxy) is 2. The number of benzene rings is 2. The maximum Gasteiger partial charge on any atom is 0.266 e. The van der Waals surface area contributed by atoms with Crippen LogP contribution in [0.25, 0.3) is 0 Å². The molecule has 0 spiro atoms. The van der Waals surface area contributed by atoms with Gasteiger partial charge >= 0.3 is 0 Å². The van der Waals surface area contributed by atoms with E-state index in [1.165, 1.54) is 5.56 Å². The van der Waals surface area contributed by atoms with Crippen LogP contribution in [0.15, 0.2) is 48.5 Å². The molecule has 1 fully saturated rings. The van der Waals surface area contributed by atoms with Crippen LogP contribution in [0.4, 0.5) is 5.69 Å². The number of carbonyl (C=O) groups is 2. The summed E-state index contributed by atoms with van der Waals surface area (Å²) in [4.78, 5) is 27.0. The predicted octanol–water partition coefficient (Wildman–Crippen LogP) is 2.81. The highest BCUT2D eigenvalue weighted by Gasteiger charge is 2.29. The Morgan fingerprint density at radius 3 is 2.65 bits per heavy atom. The number of likely N-dealkylation sites (tertiary alicyclic amines) is 1. The Kier molecular flexibility index (Phi) is 6.72. The maximum atomic E-state index is 12.4. The van der Waals surface area contributed by atoms with E-state index in [-0.39, 0.29) is 18.2 Å². The van der Waals surface area contributed by atoms with Gasteiger partial charge in [-0.15, -0.1) is 0 Å². The molecule has 2 aromatic rings. The van der Waals surface area contributed by atoms with E-state index in [2.05, 4.69) is 27.7 Å². The van der Waals surface area contributed by atoms with Crippen LogP contribution in [0.5, 0.6) is 11.5 Å². The van der Waals surface area contributed by atoms with Crippen LogP contribution >= 0.6 is 0 Å². The average Bonchev–Trinajstić information content (AvgIpc) is 2.79. The van der Waals surface area contributed by atoms with Crippen LogP contribution in [0.3, 0.4) is 0 Å². The summed E-state index contributed by atoms with van der Waals surface area (Å²) in [6, 6.07) is 15.4. The Bertz CT molecular complexity index is 907. The molecule has 164 valence electrons. The molecule has 0 aliphatic carbocycles. The molecule has 2 aromatic carbocycles. The van der Waals surface area contributed by atoms with Gasteiger partial charge in [-0.2, -0.15) is 0 Å². The standard InChI is InChI=1S/C24H29N3O4/c1-30-19-8-6-18(7-9-19)16-27-12-10-17(11-13-27)15-25-23(28)14-22-24(29)26-20-4-2-3-5-21(20)31-22/h2-9,17,22H,10-16H2,1H3,(H,25,28)(H,26,29)/t22-/m0/s1. The molecule has 0 bridgehead atoms. The van der Waals surface area contributed by atoms with Gasteiger partial charge in [-0.05, 0) is 61.7 Å². The summed E-state index contributed by atoms with van der Waals surface area (Å²) in [5.74, 6) is 1.50. The van der Waals surface area contributed by atoms with E-state index in [0.29, 0.717) is 23.9 Å². The van der Waals surface area contributed by atoms with Crippen molar-refractivity contribution in [2.45, 2.75) is 31.9 Å². The van der Waals surface area contributed by atoms with Crippen molar-refractivity contribution in [1.29, 1.82) is 0 Å². The summed E-state index contributed by atoms with van der Waals surface area (Å²) in [5, 5.41) is 5.79. The van der Waals surface area contributed by atoms with Crippen molar-refractivity contribution in [1.82, 2.24) is 10.2 Å². The zero-order valence-electron chi connectivity index (χ0n) is 17.8. The number of methoxy groups -OCH3 is 1. The van der Waals surface area contributed by atoms with Gasteiger partial charge in [-0.3, -0.25) is 14.5 Å². The lowest BCUT2D eigenvalue weighted by atomic mass is 9.96. The predicted molar refractivity (Wildman–Crippen MR) is 118 cm³/mol. The molecule has 0 unspecified atom stereocenters. The highest BCUT2D eigenvalue weighted by Crippen LogP contribution is 2.29. The van der Waals surface area contributed by atoms with E-state index in [1.807, 2.05) is 24.3 Å². The lowest BCUT2D eigenvalue weighted by Crippen LogP contribution is -2.42. The molecule has 2 aliphatic rings. The largest absolute Gasteiger partial charge is 0.497 e. The van der Waals surface area contributed by atoms with Gasteiger partial charge in [0.15, 0.2) is 6.10 Å². The molecule has 2 aliphatic heterocycles. The highest BCUT2D eigenvalue weighted by atomic mass is 16.5. The van der Waals surface area contributed by atoms with E-state index in [9.17, 15) is 9.59 Å². The number of hydrogen-bond acceptors (Lipinski definition) is 5. The topological polar surface area (TPSA) is 79.9 Å². The van der Waals surface area contributed by atoms with E-state index in [4.69, 9.17) is 9.47 Å². The Hall–Kier alpha value is -3.06. The zero-order valence-corrected chi connectivity index (χ0v) is 17.8. The molecule has 7 nitrogen and oxygen atoms in total. The Morgan fingerprint density at radius 2 is 1.90 bits per heavy atom. The van der Waals surface area contributed by atoms with Crippen molar-refractivity contribution in [3.05, 3.63) is 54.1 Å². The van der Waals surface area contributed by atoms with Gasteiger partial charge in [0.05, 0.1) is 19.2 Å². The number of nitrogens with one attached hydrogen (secondary N) is 2. The molecule has 7 heteroatoms. The molecule has 0 radical (unpaired) electrons. The molecular weight excluding hydrogens is 394 g/mol. The first-order valence-electron chi connectivity index (χ1n) is 10.8. The fourth-order valence-corrected chi connectivity index (χ4v) is 4.06. The molecule has 0 saturated carbocycles. The van der Waals surface area contributed by atoms with Crippen molar-refractivity contribution < 1.29 is 19.1 Å². The molecule has 1 saturated heterocycles. The fourth-order valence-electron chi connectivity index (χ4n) is 4.06. The summed E-state index contributed by atoms with van der Waals surface area (Å²) in [6.45, 7) is 3.59. The second-order valence-corrected chi connectivity index (χ2v) is 8.17. The molecule has 0 aromatic heterocycles. The first-order valence-corrected chi connectivity index (χ1v) is 10.8. The zero-order chi connectivity index (χ0) is 21.6. The molecule has 1 atom stereocenters. The molecular formula is C24H29N3O4. The number of anilines is 1. The van der Waals surface area contributed by atoms with E-state index < -0.39 is 6.10 Å². The Labute approximate surface area is 182 Å². The van der Waals surface area contributed by atoms with Crippen molar-refractivity contribution in [2.24, 2.45) is 5.92 Å². The lowest BCUT2D eigenvalue weighted by molar-refractivity contribution is -0.130. The summed E-state index contributed by atoms with van der Waals surface area (Å²) in [7, 11) is 1.68. The van der Waals surface area contributed by atoms with Gasteiger partial charge in [0.1, 0.15) is 11.5 Å². The van der Waals surface area contributed by atoms with Crippen LogP contribution in [-0.2, 0) is 16.1 Å². The van der Waals surface area contributed by atoms with Gasteiger partial charge < -0.3 is 20.1 Å². The molecule has 2 heterocycles. The van der Waals surface area contributed by atoms with Crippen molar-refractivity contribution in [3.8, 4) is 11.5 Å². The first-order chi connectivity index (χ1) is 15.1. The third-order valence-electron chi connectivity index (χ3n) is 5.94. The molecule has 31 heavy (non-hydrogen) atoms. The highest BCUT2D eigenvalue weighted by molar-refractivity contribution is 5.99. The fraction of sp³-hybridized carbons (Fsp3) is 0.417. The van der Waals surface area contributed by atoms with E-state index in [0.717, 1.165) is 38.2 Å². The second-order valence-electron chi connectivity index (χ2n) is 8.17. The van der Waals surface area contributed by atoms with Gasteiger partial charge in [-0.25, -0.2) is 0 Å². The quantitative estimate of drug-likeness (QED) is 0.716. The number of hydrogen-bond donors (Lipinski definition) is 2. The van der Waals surface area contributed by atoms with Crippen molar-refractivity contribution in [3.63, 3.8) is 0 Å². The van der Waals surface area contributed by atoms with Crippen molar-refractivity contribution in [2.75, 3.05) is 32.1 Å². The van der Waals surface area contributed by atoms with Crippen LogP contribution in [0.2, 0.25) is 0 Å². The Balaban J connectivity index is 1.17. The number of rotatable bonds is 7. The summed E-state index contributed by atoms with van der Waals surface area (Å²) >= 11 is 0. The summed E-state index contributed by atoms with van der Waals surface area (Å²) < 4.78 is 10.9. The minimum Gasteiger partial charge on any atom is -0.497 e. The molecule has 2 amide bonds. The second kappa shape index (κ2) is 9.83. The number of piperidine rings is 1. The maximum absolute atomic E-state index is 12.4. The number of amides is 2. The normalized spacial score (nSPS) is 19.1. The first kappa shape index (κ1) is 21.2. The van der Waals surface area contributed by atoms with Crippen LogP contribution < -0.4 is 20.1 Å². The number of para-hydroxylation sites is 2. The van der Waals surface area contributed by atoms with Gasteiger partial charge in [0.2, 0.25) is 5.91 Å². The Morgan fingerprint density at radius 1 is 1.16 bits per heavy atom. The van der Waals surface area contributed by atoms with Crippen LogP contribution in [0.1, 0.15) is 24.8 Å². The third-order valence-corrected chi connectivity index (χ3v) is 5.94. The number of nitrogens with zero attached hydrogens (tertiary/aromatic N) is 1. The summed E-state index contributed by atoms with van der Waals surface area (Å²) in [6.07, 6.45) is 1.33. The van der Waals surface area contributed by atoms with Crippen molar-refractivity contribution >= 4 is 17.5 Å². The smallest absolute Gasteiger partial charge is 0.266 e. The van der Waals surface area contributed by atoms with E-state index >= 15 is 0 Å². The third kappa shape index (κ3) is 5.55. The molecule has 4 rings (SSSR count). The van der Waals surface area contributed by atoms with Gasteiger partial charge in [0, 0.05) is 13.1 Å².